The molecule has 3 rings (SSSR count). The van der Waals surface area contributed by atoms with Crippen LogP contribution in [-0.4, -0.2) is 27.6 Å². The first-order valence-corrected chi connectivity index (χ1v) is 9.53. The van der Waals surface area contributed by atoms with Gasteiger partial charge in [-0.25, -0.2) is 0 Å². The Labute approximate surface area is 169 Å². The molecule has 2 heterocycles. The molecule has 0 saturated carbocycles. The number of nitrogens with one attached hydrogen (secondary N) is 1. The lowest BCUT2D eigenvalue weighted by Crippen LogP contribution is -2.30. The Morgan fingerprint density at radius 2 is 2.07 bits per heavy atom. The van der Waals surface area contributed by atoms with Crippen molar-refractivity contribution in [2.24, 2.45) is 5.92 Å². The molecule has 3 aromatic rings. The summed E-state index contributed by atoms with van der Waals surface area (Å²) in [5, 5.41) is 6.95. The zero-order chi connectivity index (χ0) is 20.6. The van der Waals surface area contributed by atoms with Gasteiger partial charge in [0.2, 0.25) is 17.6 Å². The Hall–Kier alpha value is -3.48. The van der Waals surface area contributed by atoms with Crippen molar-refractivity contribution in [3.63, 3.8) is 0 Å². The van der Waals surface area contributed by atoms with Gasteiger partial charge in [0.15, 0.2) is 0 Å². The number of rotatable bonds is 8. The van der Waals surface area contributed by atoms with Crippen molar-refractivity contribution in [1.82, 2.24) is 20.4 Å². The highest BCUT2D eigenvalue weighted by Gasteiger charge is 2.24. The van der Waals surface area contributed by atoms with Gasteiger partial charge in [-0.2, -0.15) is 4.98 Å². The van der Waals surface area contributed by atoms with Gasteiger partial charge in [0.25, 0.3) is 0 Å². The number of carbonyl (C=O) groups is 1. The van der Waals surface area contributed by atoms with Gasteiger partial charge in [0.1, 0.15) is 11.8 Å². The molecular formula is C22H24N4O3. The standard InChI is InChI=1S/C22H24N4O3/c1-4-28-18-10-6-5-8-16(18)11-12-19(27)24-20(15(2)3)22-25-21(26-29-22)17-9-7-13-23-14-17/h5-15,20H,4H2,1-3H3,(H,24,27)/b12-11+. The maximum Gasteiger partial charge on any atom is 0.249 e. The van der Waals surface area contributed by atoms with Gasteiger partial charge >= 0.3 is 0 Å². The number of carbonyl (C=O) groups excluding carboxylic acids is 1. The number of nitrogens with zero attached hydrogens (tertiary/aromatic N) is 3. The average Bonchev–Trinajstić information content (AvgIpc) is 3.22. The largest absolute Gasteiger partial charge is 0.493 e. The number of hydrogen-bond acceptors (Lipinski definition) is 6. The van der Waals surface area contributed by atoms with Gasteiger partial charge in [0, 0.05) is 29.6 Å². The third-order valence-corrected chi connectivity index (χ3v) is 4.23. The van der Waals surface area contributed by atoms with E-state index in [0.29, 0.717) is 18.3 Å². The SMILES string of the molecule is CCOc1ccccc1/C=C/C(=O)NC(c1nc(-c2cccnc2)no1)C(C)C. The predicted octanol–water partition coefficient (Wildman–Crippen LogP) is 4.06. The molecule has 0 radical (unpaired) electrons. The van der Waals surface area contributed by atoms with Crippen LogP contribution in [0.1, 0.15) is 38.3 Å². The van der Waals surface area contributed by atoms with Crippen LogP contribution in [0.15, 0.2) is 59.4 Å². The minimum Gasteiger partial charge on any atom is -0.493 e. The lowest BCUT2D eigenvalue weighted by molar-refractivity contribution is -0.117. The third kappa shape index (κ3) is 5.28. The molecule has 1 N–H and O–H groups in total. The van der Waals surface area contributed by atoms with Crippen molar-refractivity contribution in [2.45, 2.75) is 26.8 Å². The summed E-state index contributed by atoms with van der Waals surface area (Å²) in [4.78, 5) is 21.0. The van der Waals surface area contributed by atoms with E-state index in [1.165, 1.54) is 6.08 Å². The molecule has 0 spiro atoms. The topological polar surface area (TPSA) is 90.1 Å². The first kappa shape index (κ1) is 20.3. The van der Waals surface area contributed by atoms with Crippen molar-refractivity contribution in [2.75, 3.05) is 6.61 Å². The second-order valence-corrected chi connectivity index (χ2v) is 6.73. The molecule has 2 aromatic heterocycles. The van der Waals surface area contributed by atoms with Crippen LogP contribution in [-0.2, 0) is 4.79 Å². The minimum atomic E-state index is -0.410. The van der Waals surface area contributed by atoms with Gasteiger partial charge in [-0.15, -0.1) is 0 Å². The highest BCUT2D eigenvalue weighted by Crippen LogP contribution is 2.23. The lowest BCUT2D eigenvalue weighted by Gasteiger charge is -2.17. The Morgan fingerprint density at radius 3 is 2.79 bits per heavy atom. The van der Waals surface area contributed by atoms with Crippen LogP contribution in [0.3, 0.4) is 0 Å². The van der Waals surface area contributed by atoms with E-state index < -0.39 is 6.04 Å². The molecule has 0 aliphatic rings. The quantitative estimate of drug-likeness (QED) is 0.582. The summed E-state index contributed by atoms with van der Waals surface area (Å²) in [6, 6.07) is 10.8. The number of ether oxygens (including phenoxy) is 1. The van der Waals surface area contributed by atoms with Gasteiger partial charge in [-0.05, 0) is 37.1 Å². The van der Waals surface area contributed by atoms with Crippen LogP contribution in [0.4, 0.5) is 0 Å². The normalized spacial score (nSPS) is 12.3. The highest BCUT2D eigenvalue weighted by atomic mass is 16.5. The fraction of sp³-hybridized carbons (Fsp3) is 0.273. The molecule has 0 fully saturated rings. The molecule has 7 nitrogen and oxygen atoms in total. The van der Waals surface area contributed by atoms with E-state index in [9.17, 15) is 4.79 Å². The average molecular weight is 392 g/mol. The number of aromatic nitrogens is 3. The van der Waals surface area contributed by atoms with E-state index in [2.05, 4.69) is 20.4 Å². The Balaban J connectivity index is 1.73. The Bertz CT molecular complexity index is 967. The van der Waals surface area contributed by atoms with Crippen molar-refractivity contribution < 1.29 is 14.1 Å². The highest BCUT2D eigenvalue weighted by molar-refractivity contribution is 5.92. The smallest absolute Gasteiger partial charge is 0.249 e. The van der Waals surface area contributed by atoms with E-state index in [1.807, 2.05) is 51.1 Å². The molecule has 150 valence electrons. The van der Waals surface area contributed by atoms with Crippen molar-refractivity contribution in [3.05, 3.63) is 66.3 Å². The summed E-state index contributed by atoms with van der Waals surface area (Å²) in [6.07, 6.45) is 6.55. The van der Waals surface area contributed by atoms with Crippen molar-refractivity contribution >= 4 is 12.0 Å². The number of hydrogen-bond donors (Lipinski definition) is 1. The first-order chi connectivity index (χ1) is 14.1. The van der Waals surface area contributed by atoms with Crippen molar-refractivity contribution in [1.29, 1.82) is 0 Å². The first-order valence-electron chi connectivity index (χ1n) is 9.53. The summed E-state index contributed by atoms with van der Waals surface area (Å²) in [5.41, 5.74) is 1.59. The molecule has 1 unspecified atom stereocenters. The van der Waals surface area contributed by atoms with Crippen LogP contribution >= 0.6 is 0 Å². The second-order valence-electron chi connectivity index (χ2n) is 6.73. The van der Waals surface area contributed by atoms with Gasteiger partial charge in [0.05, 0.1) is 6.61 Å². The molecule has 29 heavy (non-hydrogen) atoms. The van der Waals surface area contributed by atoms with Gasteiger partial charge in [-0.3, -0.25) is 9.78 Å². The van der Waals surface area contributed by atoms with E-state index in [4.69, 9.17) is 9.26 Å². The van der Waals surface area contributed by atoms with Crippen LogP contribution in [0.5, 0.6) is 5.75 Å². The molecule has 0 aliphatic heterocycles. The minimum absolute atomic E-state index is 0.0604. The zero-order valence-electron chi connectivity index (χ0n) is 16.7. The lowest BCUT2D eigenvalue weighted by atomic mass is 10.0. The van der Waals surface area contributed by atoms with Crippen LogP contribution in [0.2, 0.25) is 0 Å². The molecule has 1 aromatic carbocycles. The monoisotopic (exact) mass is 392 g/mol. The zero-order valence-corrected chi connectivity index (χ0v) is 16.7. The fourth-order valence-electron chi connectivity index (χ4n) is 2.76. The molecule has 1 amide bonds. The molecule has 0 bridgehead atoms. The summed E-state index contributed by atoms with van der Waals surface area (Å²) in [6.45, 7) is 6.44. The Morgan fingerprint density at radius 1 is 1.24 bits per heavy atom. The van der Waals surface area contributed by atoms with Crippen LogP contribution < -0.4 is 10.1 Å². The summed E-state index contributed by atoms with van der Waals surface area (Å²) in [5.74, 6) is 1.34. The maximum atomic E-state index is 12.5. The second kappa shape index (κ2) is 9.64. The van der Waals surface area contributed by atoms with E-state index >= 15 is 0 Å². The summed E-state index contributed by atoms with van der Waals surface area (Å²) < 4.78 is 11.0. The van der Waals surface area contributed by atoms with Crippen LogP contribution in [0.25, 0.3) is 17.5 Å². The van der Waals surface area contributed by atoms with Crippen LogP contribution in [0, 0.1) is 5.92 Å². The van der Waals surface area contributed by atoms with Crippen molar-refractivity contribution in [3.8, 4) is 17.1 Å². The number of pyridine rings is 1. The van der Waals surface area contributed by atoms with E-state index in [0.717, 1.165) is 16.9 Å². The molecule has 1 atom stereocenters. The summed E-state index contributed by atoms with van der Waals surface area (Å²) in [7, 11) is 0. The molecule has 7 heteroatoms. The predicted molar refractivity (Wildman–Crippen MR) is 110 cm³/mol. The van der Waals surface area contributed by atoms with E-state index in [-0.39, 0.29) is 11.8 Å². The maximum absolute atomic E-state index is 12.5. The molecular weight excluding hydrogens is 368 g/mol. The van der Waals surface area contributed by atoms with Gasteiger partial charge < -0.3 is 14.6 Å². The van der Waals surface area contributed by atoms with E-state index in [1.54, 1.807) is 24.5 Å². The number of para-hydroxylation sites is 1. The number of amides is 1. The third-order valence-electron chi connectivity index (χ3n) is 4.23. The fourth-order valence-corrected chi connectivity index (χ4v) is 2.76. The molecule has 0 aliphatic carbocycles. The number of benzene rings is 1. The summed E-state index contributed by atoms with van der Waals surface area (Å²) >= 11 is 0. The van der Waals surface area contributed by atoms with Gasteiger partial charge in [-0.1, -0.05) is 37.2 Å². The Kier molecular flexibility index (Phi) is 6.73. The molecule has 0 saturated heterocycles.